The van der Waals surface area contributed by atoms with Crippen LogP contribution in [0.2, 0.25) is 0 Å². The number of nitrogens with zero attached hydrogens (tertiary/aromatic N) is 1. The van der Waals surface area contributed by atoms with Gasteiger partial charge in [-0.25, -0.2) is 0 Å². The monoisotopic (exact) mass is 936 g/mol. The van der Waals surface area contributed by atoms with Gasteiger partial charge in [0.2, 0.25) is 0 Å². The molecule has 7 aromatic carbocycles. The van der Waals surface area contributed by atoms with Crippen molar-refractivity contribution in [3.8, 4) is 44.5 Å². The highest BCUT2D eigenvalue weighted by Crippen LogP contribution is 2.45. The van der Waals surface area contributed by atoms with Crippen molar-refractivity contribution in [3.05, 3.63) is 184 Å². The highest BCUT2D eigenvalue weighted by Gasteiger charge is 2.25. The summed E-state index contributed by atoms with van der Waals surface area (Å²) in [4.78, 5) is 2.52. The molecule has 0 bridgehead atoms. The fourth-order valence-corrected chi connectivity index (χ4v) is 12.6. The zero-order valence-electron chi connectivity index (χ0n) is 44.7. The summed E-state index contributed by atoms with van der Waals surface area (Å²) in [5, 5.41) is 0. The van der Waals surface area contributed by atoms with Crippen LogP contribution < -0.4 is 4.90 Å². The molecule has 2 fully saturated rings. The smallest absolute Gasteiger partial charge is 0.0467 e. The number of fused-ring (bicyclic) bond motifs is 1. The van der Waals surface area contributed by atoms with Crippen molar-refractivity contribution < 1.29 is 0 Å². The molecule has 0 aliphatic heterocycles. The van der Waals surface area contributed by atoms with E-state index in [0.29, 0.717) is 11.8 Å². The summed E-state index contributed by atoms with van der Waals surface area (Å²) in [6.07, 6.45) is 20.4. The Hall–Kier alpha value is -5.66. The van der Waals surface area contributed by atoms with Gasteiger partial charge in [0, 0.05) is 17.1 Å². The number of benzene rings is 7. The first-order chi connectivity index (χ1) is 34.3. The number of hydrogen-bond donors (Lipinski definition) is 0. The van der Waals surface area contributed by atoms with Gasteiger partial charge >= 0.3 is 0 Å². The lowest BCUT2D eigenvalue weighted by Crippen LogP contribution is -2.16. The summed E-state index contributed by atoms with van der Waals surface area (Å²) in [5.74, 6) is 1.39. The number of rotatable bonds is 11. The van der Waals surface area contributed by atoms with Gasteiger partial charge in [0.05, 0.1) is 0 Å². The van der Waals surface area contributed by atoms with Gasteiger partial charge in [-0.2, -0.15) is 0 Å². The molecule has 10 rings (SSSR count). The summed E-state index contributed by atoms with van der Waals surface area (Å²) >= 11 is 0. The van der Waals surface area contributed by atoms with E-state index in [-0.39, 0.29) is 10.8 Å². The maximum atomic E-state index is 2.66. The molecule has 0 radical (unpaired) electrons. The maximum Gasteiger partial charge on any atom is 0.0467 e. The molecule has 0 heterocycles. The van der Waals surface area contributed by atoms with E-state index in [2.05, 4.69) is 200 Å². The van der Waals surface area contributed by atoms with Crippen LogP contribution in [0.5, 0.6) is 0 Å². The van der Waals surface area contributed by atoms with Crippen molar-refractivity contribution in [2.24, 2.45) is 0 Å². The molecule has 0 unspecified atom stereocenters. The van der Waals surface area contributed by atoms with Crippen molar-refractivity contribution in [1.82, 2.24) is 0 Å². The average molecular weight is 936 g/mol. The zero-order valence-corrected chi connectivity index (χ0v) is 44.7. The standard InChI is InChI=1S/C70H81N/c1-9-48-22-17-19-30-65(48)67-37-36-64(44-49(67)10-2)71(62-34-32-52(33-35-62)59-42-60(69(3,4)5)47-61(43-59)70(6,7)8)63-29-21-28-54(45-63)68-46-58(38-53-27-18-20-31-66(53)68)57-40-55(50-23-13-11-14-24-50)39-56(41-57)51-25-15-12-16-26-51/h17,19,21-22,28-30,32-47,50-51H,9-16,18,20,23-27,31H2,1-8H3. The molecule has 0 atom stereocenters. The highest BCUT2D eigenvalue weighted by atomic mass is 15.1. The van der Waals surface area contributed by atoms with Gasteiger partial charge in [-0.3, -0.25) is 0 Å². The van der Waals surface area contributed by atoms with E-state index in [9.17, 15) is 0 Å². The van der Waals surface area contributed by atoms with Crippen LogP contribution in [-0.4, -0.2) is 0 Å². The topological polar surface area (TPSA) is 3.24 Å². The molecule has 0 saturated heterocycles. The number of aryl methyl sites for hydroxylation is 3. The van der Waals surface area contributed by atoms with Crippen LogP contribution in [-0.2, 0) is 36.5 Å². The normalized spacial score (nSPS) is 15.9. The third-order valence-electron chi connectivity index (χ3n) is 16.9. The molecule has 71 heavy (non-hydrogen) atoms. The lowest BCUT2D eigenvalue weighted by molar-refractivity contribution is 0.435. The van der Waals surface area contributed by atoms with Crippen LogP contribution in [0.4, 0.5) is 17.1 Å². The predicted octanol–water partition coefficient (Wildman–Crippen LogP) is 20.5. The summed E-state index contributed by atoms with van der Waals surface area (Å²) in [5.41, 5.74) is 26.4. The molecular formula is C70H81N. The van der Waals surface area contributed by atoms with Crippen LogP contribution in [0.1, 0.15) is 189 Å². The molecule has 2 saturated carbocycles. The van der Waals surface area contributed by atoms with Gasteiger partial charge in [0.15, 0.2) is 0 Å². The van der Waals surface area contributed by atoms with E-state index >= 15 is 0 Å². The molecule has 0 amide bonds. The lowest BCUT2D eigenvalue weighted by atomic mass is 9.78. The van der Waals surface area contributed by atoms with E-state index in [1.54, 1.807) is 22.3 Å². The molecule has 3 aliphatic carbocycles. The van der Waals surface area contributed by atoms with E-state index in [0.717, 1.165) is 25.7 Å². The second-order valence-corrected chi connectivity index (χ2v) is 23.9. The summed E-state index contributed by atoms with van der Waals surface area (Å²) in [7, 11) is 0. The fourth-order valence-electron chi connectivity index (χ4n) is 12.6. The predicted molar refractivity (Wildman–Crippen MR) is 307 cm³/mol. The Morgan fingerprint density at radius 3 is 1.59 bits per heavy atom. The summed E-state index contributed by atoms with van der Waals surface area (Å²) in [6.45, 7) is 18.6. The summed E-state index contributed by atoms with van der Waals surface area (Å²) in [6, 6.07) is 55.6. The minimum absolute atomic E-state index is 0.0498. The van der Waals surface area contributed by atoms with Crippen molar-refractivity contribution >= 4 is 17.1 Å². The Morgan fingerprint density at radius 2 is 0.958 bits per heavy atom. The Morgan fingerprint density at radius 1 is 0.394 bits per heavy atom. The Balaban J connectivity index is 1.10. The summed E-state index contributed by atoms with van der Waals surface area (Å²) < 4.78 is 0. The van der Waals surface area contributed by atoms with E-state index in [1.165, 1.54) is 161 Å². The van der Waals surface area contributed by atoms with Gasteiger partial charge in [0.25, 0.3) is 0 Å². The quantitative estimate of drug-likeness (QED) is 0.125. The van der Waals surface area contributed by atoms with Crippen molar-refractivity contribution in [2.75, 3.05) is 4.90 Å². The minimum Gasteiger partial charge on any atom is -0.310 e. The van der Waals surface area contributed by atoms with Crippen LogP contribution >= 0.6 is 0 Å². The Labute approximate surface area is 429 Å². The largest absolute Gasteiger partial charge is 0.310 e. The minimum atomic E-state index is 0.0498. The average Bonchev–Trinajstić information content (AvgIpc) is 3.40. The first-order valence-corrected chi connectivity index (χ1v) is 28.0. The van der Waals surface area contributed by atoms with Crippen molar-refractivity contribution in [1.29, 1.82) is 0 Å². The van der Waals surface area contributed by atoms with Gasteiger partial charge in [0.1, 0.15) is 0 Å². The second-order valence-electron chi connectivity index (χ2n) is 23.9. The van der Waals surface area contributed by atoms with Crippen LogP contribution in [0.3, 0.4) is 0 Å². The highest BCUT2D eigenvalue weighted by molar-refractivity contribution is 5.85. The molecule has 7 aromatic rings. The second kappa shape index (κ2) is 20.8. The maximum absolute atomic E-state index is 2.66. The molecule has 0 aromatic heterocycles. The SMILES string of the molecule is CCc1ccccc1-c1ccc(N(c2ccc(-c3cc(C(C)(C)C)cc(C(C)(C)C)c3)cc2)c2cccc(-c3cc(-c4cc(C5CCCCC5)cc(C5CCCCC5)c4)cc4c3CCCC4)c2)cc1CC. The first-order valence-electron chi connectivity index (χ1n) is 28.0. The Kier molecular flexibility index (Phi) is 14.4. The Bertz CT molecular complexity index is 2900. The van der Waals surface area contributed by atoms with Crippen LogP contribution in [0, 0.1) is 0 Å². The van der Waals surface area contributed by atoms with E-state index in [1.807, 2.05) is 0 Å². The van der Waals surface area contributed by atoms with E-state index < -0.39 is 0 Å². The lowest BCUT2D eigenvalue weighted by Gasteiger charge is -2.29. The molecule has 0 spiro atoms. The van der Waals surface area contributed by atoms with Crippen LogP contribution in [0.15, 0.2) is 140 Å². The zero-order chi connectivity index (χ0) is 49.3. The van der Waals surface area contributed by atoms with Gasteiger partial charge in [-0.05, 0) is 218 Å². The molecule has 366 valence electrons. The van der Waals surface area contributed by atoms with Gasteiger partial charge in [-0.15, -0.1) is 0 Å². The molecular weight excluding hydrogens is 855 g/mol. The molecule has 3 aliphatic rings. The molecule has 0 N–H and O–H groups in total. The van der Waals surface area contributed by atoms with Gasteiger partial charge in [-0.1, -0.05) is 191 Å². The van der Waals surface area contributed by atoms with E-state index in [4.69, 9.17) is 0 Å². The molecule has 1 heteroatoms. The fraction of sp³-hybridized carbons (Fsp3) is 0.400. The number of anilines is 3. The van der Waals surface area contributed by atoms with Crippen molar-refractivity contribution in [2.45, 2.75) is 181 Å². The van der Waals surface area contributed by atoms with Crippen molar-refractivity contribution in [3.63, 3.8) is 0 Å². The third-order valence-corrected chi connectivity index (χ3v) is 16.9. The molecule has 1 nitrogen and oxygen atoms in total. The van der Waals surface area contributed by atoms with Gasteiger partial charge < -0.3 is 4.90 Å². The third kappa shape index (κ3) is 10.6. The number of hydrogen-bond acceptors (Lipinski definition) is 1. The van der Waals surface area contributed by atoms with Crippen LogP contribution in [0.25, 0.3) is 44.5 Å². The first kappa shape index (κ1) is 48.9.